The van der Waals surface area contributed by atoms with Crippen LogP contribution in [-0.4, -0.2) is 30.6 Å². The highest BCUT2D eigenvalue weighted by atomic mass is 16.2. The predicted molar refractivity (Wildman–Crippen MR) is 48.7 cm³/mol. The summed E-state index contributed by atoms with van der Waals surface area (Å²) in [7, 11) is 0. The van der Waals surface area contributed by atoms with Crippen molar-refractivity contribution in [2.24, 2.45) is 5.92 Å². The Morgan fingerprint density at radius 2 is 2.33 bits per heavy atom. The van der Waals surface area contributed by atoms with E-state index in [1.165, 1.54) is 0 Å². The van der Waals surface area contributed by atoms with E-state index >= 15 is 0 Å². The van der Waals surface area contributed by atoms with Crippen LogP contribution < -0.4 is 5.32 Å². The maximum Gasteiger partial charge on any atom is 0.223 e. The van der Waals surface area contributed by atoms with Crippen LogP contribution in [0.5, 0.6) is 0 Å². The Morgan fingerprint density at radius 3 is 2.83 bits per heavy atom. The van der Waals surface area contributed by atoms with Gasteiger partial charge in [0, 0.05) is 13.0 Å². The summed E-state index contributed by atoms with van der Waals surface area (Å²) in [5.74, 6) is 0.953. The van der Waals surface area contributed by atoms with Crippen LogP contribution >= 0.6 is 0 Å². The normalized spacial score (nSPS) is 17.9. The highest BCUT2D eigenvalue weighted by molar-refractivity contribution is 5.77. The molecule has 0 aromatic rings. The summed E-state index contributed by atoms with van der Waals surface area (Å²) in [6.07, 6.45) is 1.77. The van der Waals surface area contributed by atoms with E-state index in [-0.39, 0.29) is 0 Å². The molecule has 1 saturated heterocycles. The zero-order valence-electron chi connectivity index (χ0n) is 7.97. The monoisotopic (exact) mass is 170 g/mol. The van der Waals surface area contributed by atoms with Crippen LogP contribution in [0.2, 0.25) is 0 Å². The van der Waals surface area contributed by atoms with Crippen molar-refractivity contribution >= 4 is 5.91 Å². The first-order valence-electron chi connectivity index (χ1n) is 4.68. The third kappa shape index (κ3) is 2.81. The topological polar surface area (TPSA) is 32.3 Å². The van der Waals surface area contributed by atoms with Crippen molar-refractivity contribution in [3.05, 3.63) is 0 Å². The average molecular weight is 170 g/mol. The molecule has 1 rings (SSSR count). The molecule has 0 atom stereocenters. The van der Waals surface area contributed by atoms with E-state index in [0.717, 1.165) is 32.6 Å². The number of carbonyl (C=O) groups excluding carboxylic acids is 1. The lowest BCUT2D eigenvalue weighted by molar-refractivity contribution is -0.128. The van der Waals surface area contributed by atoms with Crippen molar-refractivity contribution in [3.8, 4) is 0 Å². The fourth-order valence-electron chi connectivity index (χ4n) is 1.36. The Bertz CT molecular complexity index is 157. The van der Waals surface area contributed by atoms with E-state index in [1.807, 2.05) is 4.90 Å². The largest absolute Gasteiger partial charge is 0.330 e. The number of carbonyl (C=O) groups is 1. The molecule has 0 unspecified atom stereocenters. The molecule has 1 amide bonds. The minimum atomic E-state index is 0.297. The number of likely N-dealkylation sites (tertiary alicyclic amines) is 1. The van der Waals surface area contributed by atoms with E-state index in [4.69, 9.17) is 0 Å². The van der Waals surface area contributed by atoms with Crippen LogP contribution in [0.3, 0.4) is 0 Å². The summed E-state index contributed by atoms with van der Waals surface area (Å²) < 4.78 is 0. The molecule has 12 heavy (non-hydrogen) atoms. The van der Waals surface area contributed by atoms with Gasteiger partial charge in [-0.3, -0.25) is 10.1 Å². The van der Waals surface area contributed by atoms with Gasteiger partial charge in [-0.05, 0) is 18.9 Å². The smallest absolute Gasteiger partial charge is 0.223 e. The molecule has 0 aliphatic carbocycles. The van der Waals surface area contributed by atoms with E-state index in [9.17, 15) is 4.79 Å². The number of nitrogens with zero attached hydrogens (tertiary/aromatic N) is 1. The van der Waals surface area contributed by atoms with Crippen LogP contribution in [-0.2, 0) is 4.79 Å². The second kappa shape index (κ2) is 4.45. The van der Waals surface area contributed by atoms with Gasteiger partial charge in [-0.15, -0.1) is 0 Å². The van der Waals surface area contributed by atoms with Gasteiger partial charge in [0.2, 0.25) is 5.91 Å². The van der Waals surface area contributed by atoms with Crippen molar-refractivity contribution in [1.29, 1.82) is 0 Å². The Labute approximate surface area is 74.1 Å². The van der Waals surface area contributed by atoms with Gasteiger partial charge < -0.3 is 4.90 Å². The van der Waals surface area contributed by atoms with Crippen molar-refractivity contribution in [1.82, 2.24) is 10.2 Å². The lowest BCUT2D eigenvalue weighted by Gasteiger charge is -2.16. The quantitative estimate of drug-likeness (QED) is 0.677. The Morgan fingerprint density at radius 1 is 1.58 bits per heavy atom. The standard InChI is InChI=1S/C9H18N2O/c1-8(2)6-10-7-11-5-3-4-9(11)12/h8,10H,3-7H2,1-2H3. The molecule has 0 aromatic heterocycles. The van der Waals surface area contributed by atoms with E-state index in [1.54, 1.807) is 0 Å². The molecule has 1 aliphatic rings. The molecule has 0 bridgehead atoms. The second-order valence-corrected chi connectivity index (χ2v) is 3.77. The number of rotatable bonds is 4. The zero-order chi connectivity index (χ0) is 8.97. The molecule has 0 saturated carbocycles. The molecule has 1 heterocycles. The van der Waals surface area contributed by atoms with Gasteiger partial charge in [-0.25, -0.2) is 0 Å². The Kier molecular flexibility index (Phi) is 3.53. The number of amides is 1. The van der Waals surface area contributed by atoms with Gasteiger partial charge in [0.1, 0.15) is 0 Å². The molecule has 1 aliphatic heterocycles. The van der Waals surface area contributed by atoms with Crippen molar-refractivity contribution < 1.29 is 4.79 Å². The maximum atomic E-state index is 11.1. The SMILES string of the molecule is CC(C)CNCN1CCCC1=O. The first-order valence-corrected chi connectivity index (χ1v) is 4.68. The van der Waals surface area contributed by atoms with Gasteiger partial charge in [-0.1, -0.05) is 13.8 Å². The third-order valence-electron chi connectivity index (χ3n) is 2.03. The lowest BCUT2D eigenvalue weighted by Crippen LogP contribution is -2.36. The highest BCUT2D eigenvalue weighted by Crippen LogP contribution is 2.07. The zero-order valence-corrected chi connectivity index (χ0v) is 7.97. The molecule has 0 aromatic carbocycles. The van der Waals surface area contributed by atoms with E-state index in [2.05, 4.69) is 19.2 Å². The predicted octanol–water partition coefficient (Wildman–Crippen LogP) is 0.812. The van der Waals surface area contributed by atoms with Crippen LogP contribution in [0.15, 0.2) is 0 Å². The van der Waals surface area contributed by atoms with Crippen molar-refractivity contribution in [3.63, 3.8) is 0 Å². The molecular weight excluding hydrogens is 152 g/mol. The van der Waals surface area contributed by atoms with Crippen LogP contribution in [0.4, 0.5) is 0 Å². The maximum absolute atomic E-state index is 11.1. The van der Waals surface area contributed by atoms with Crippen LogP contribution in [0.1, 0.15) is 26.7 Å². The molecule has 3 nitrogen and oxygen atoms in total. The lowest BCUT2D eigenvalue weighted by atomic mass is 10.2. The van der Waals surface area contributed by atoms with Gasteiger partial charge in [-0.2, -0.15) is 0 Å². The summed E-state index contributed by atoms with van der Waals surface area (Å²) >= 11 is 0. The summed E-state index contributed by atoms with van der Waals surface area (Å²) in [6, 6.07) is 0. The minimum Gasteiger partial charge on any atom is -0.330 e. The van der Waals surface area contributed by atoms with Crippen molar-refractivity contribution in [2.45, 2.75) is 26.7 Å². The molecule has 0 spiro atoms. The van der Waals surface area contributed by atoms with Gasteiger partial charge in [0.05, 0.1) is 6.67 Å². The minimum absolute atomic E-state index is 0.297. The summed E-state index contributed by atoms with van der Waals surface area (Å²) in [5, 5.41) is 3.26. The Hall–Kier alpha value is -0.570. The van der Waals surface area contributed by atoms with E-state index < -0.39 is 0 Å². The molecule has 0 radical (unpaired) electrons. The number of hydrogen-bond donors (Lipinski definition) is 1. The summed E-state index contributed by atoms with van der Waals surface area (Å²) in [4.78, 5) is 13.0. The second-order valence-electron chi connectivity index (χ2n) is 3.77. The molecule has 1 N–H and O–H groups in total. The molecule has 3 heteroatoms. The number of hydrogen-bond acceptors (Lipinski definition) is 2. The Balaban J connectivity index is 2.10. The molecular formula is C9H18N2O. The van der Waals surface area contributed by atoms with Crippen molar-refractivity contribution in [2.75, 3.05) is 19.8 Å². The summed E-state index contributed by atoms with van der Waals surface area (Å²) in [5.41, 5.74) is 0. The van der Waals surface area contributed by atoms with Gasteiger partial charge >= 0.3 is 0 Å². The van der Waals surface area contributed by atoms with E-state index in [0.29, 0.717) is 11.8 Å². The number of nitrogens with one attached hydrogen (secondary N) is 1. The fraction of sp³-hybridized carbons (Fsp3) is 0.889. The fourth-order valence-corrected chi connectivity index (χ4v) is 1.36. The van der Waals surface area contributed by atoms with Gasteiger partial charge in [0.25, 0.3) is 0 Å². The first kappa shape index (κ1) is 9.52. The summed E-state index contributed by atoms with van der Waals surface area (Å²) in [6.45, 7) is 6.99. The highest BCUT2D eigenvalue weighted by Gasteiger charge is 2.18. The molecule has 70 valence electrons. The van der Waals surface area contributed by atoms with Crippen LogP contribution in [0.25, 0.3) is 0 Å². The van der Waals surface area contributed by atoms with Gasteiger partial charge in [0.15, 0.2) is 0 Å². The first-order chi connectivity index (χ1) is 5.70. The molecule has 1 fully saturated rings. The third-order valence-corrected chi connectivity index (χ3v) is 2.03. The average Bonchev–Trinajstić information content (AvgIpc) is 2.36. The van der Waals surface area contributed by atoms with Crippen LogP contribution in [0, 0.1) is 5.92 Å².